The van der Waals surface area contributed by atoms with E-state index < -0.39 is 0 Å². The number of benzene rings is 1. The van der Waals surface area contributed by atoms with Gasteiger partial charge in [0.25, 0.3) is 0 Å². The third kappa shape index (κ3) is 2.62. The largest absolute Gasteiger partial charge is 0.417 e. The lowest BCUT2D eigenvalue weighted by atomic mass is 10.2. The molecule has 19 heavy (non-hydrogen) atoms. The van der Waals surface area contributed by atoms with Crippen LogP contribution >= 0.6 is 0 Å². The molecule has 2 N–H and O–H groups in total. The fraction of sp³-hybridized carbons (Fsp3) is 0.154. The highest BCUT2D eigenvalue weighted by Gasteiger charge is 2.21. The Balaban J connectivity index is 2.24. The van der Waals surface area contributed by atoms with E-state index in [0.29, 0.717) is 17.5 Å². The predicted octanol–water partition coefficient (Wildman–Crippen LogP) is 1.38. The summed E-state index contributed by atoms with van der Waals surface area (Å²) >= 11 is 0. The molecule has 0 saturated carbocycles. The van der Waals surface area contributed by atoms with Crippen LogP contribution in [0.5, 0.6) is 0 Å². The first kappa shape index (κ1) is 12.8. The van der Waals surface area contributed by atoms with Crippen molar-refractivity contribution in [2.24, 2.45) is 10.1 Å². The van der Waals surface area contributed by atoms with Gasteiger partial charge < -0.3 is 9.64 Å². The van der Waals surface area contributed by atoms with Gasteiger partial charge in [0.1, 0.15) is 0 Å². The Bertz CT molecular complexity index is 560. The van der Waals surface area contributed by atoms with E-state index in [-0.39, 0.29) is 5.84 Å². The quantitative estimate of drug-likeness (QED) is 0.634. The molecule has 6 heteroatoms. The summed E-state index contributed by atoms with van der Waals surface area (Å²) in [7, 11) is 3.50. The maximum atomic E-state index is 7.90. The standard InChI is InChI=1S/C13H15N5O/c1-15-10(11(14)18(2)3)13-17-16-12(19-13)9-7-5-4-6-8-9/h4-8,14,17H,1H2,2-3H3. The van der Waals surface area contributed by atoms with Crippen molar-refractivity contribution < 1.29 is 4.74 Å². The number of rotatable bonds is 3. The fourth-order valence-electron chi connectivity index (χ4n) is 1.52. The lowest BCUT2D eigenvalue weighted by Gasteiger charge is -2.14. The first-order chi connectivity index (χ1) is 9.13. The van der Waals surface area contributed by atoms with Crippen LogP contribution in [0.25, 0.3) is 0 Å². The summed E-state index contributed by atoms with van der Waals surface area (Å²) in [6.07, 6.45) is 0. The third-order valence-corrected chi connectivity index (χ3v) is 2.52. The van der Waals surface area contributed by atoms with Gasteiger partial charge in [0.15, 0.2) is 11.5 Å². The summed E-state index contributed by atoms with van der Waals surface area (Å²) in [5, 5.41) is 12.0. The number of hydrazone groups is 1. The minimum atomic E-state index is 0.196. The van der Waals surface area contributed by atoms with Crippen molar-refractivity contribution in [3.8, 4) is 0 Å². The molecular formula is C13H15N5O. The molecule has 0 radical (unpaired) electrons. The van der Waals surface area contributed by atoms with Gasteiger partial charge in [0, 0.05) is 19.7 Å². The molecule has 1 aliphatic heterocycles. The molecule has 0 fully saturated rings. The average Bonchev–Trinajstić information content (AvgIpc) is 2.90. The highest BCUT2D eigenvalue weighted by molar-refractivity contribution is 5.99. The zero-order valence-corrected chi connectivity index (χ0v) is 10.8. The molecule has 0 unspecified atom stereocenters. The molecule has 6 nitrogen and oxygen atoms in total. The van der Waals surface area contributed by atoms with Crippen LogP contribution in [-0.4, -0.2) is 37.4 Å². The van der Waals surface area contributed by atoms with Crippen molar-refractivity contribution >= 4 is 18.5 Å². The third-order valence-electron chi connectivity index (χ3n) is 2.52. The van der Waals surface area contributed by atoms with Gasteiger partial charge in [0.05, 0.1) is 0 Å². The van der Waals surface area contributed by atoms with Crippen molar-refractivity contribution in [2.45, 2.75) is 0 Å². The lowest BCUT2D eigenvalue weighted by molar-refractivity contribution is 0.410. The second kappa shape index (κ2) is 5.34. The van der Waals surface area contributed by atoms with Crippen LogP contribution in [-0.2, 0) is 4.74 Å². The maximum absolute atomic E-state index is 7.90. The monoisotopic (exact) mass is 257 g/mol. The number of amidine groups is 1. The normalized spacial score (nSPS) is 16.0. The summed E-state index contributed by atoms with van der Waals surface area (Å²) in [6, 6.07) is 9.50. The Morgan fingerprint density at radius 3 is 2.63 bits per heavy atom. The van der Waals surface area contributed by atoms with Gasteiger partial charge >= 0.3 is 0 Å². The predicted molar refractivity (Wildman–Crippen MR) is 75.2 cm³/mol. The second-order valence-electron chi connectivity index (χ2n) is 4.08. The van der Waals surface area contributed by atoms with Gasteiger partial charge in [-0.1, -0.05) is 18.2 Å². The van der Waals surface area contributed by atoms with Gasteiger partial charge in [-0.2, -0.15) is 0 Å². The van der Waals surface area contributed by atoms with E-state index in [1.165, 1.54) is 0 Å². The molecule has 1 aromatic rings. The summed E-state index contributed by atoms with van der Waals surface area (Å²) in [6.45, 7) is 3.46. The van der Waals surface area contributed by atoms with Gasteiger partial charge in [-0.15, -0.1) is 5.10 Å². The van der Waals surface area contributed by atoms with Gasteiger partial charge in [-0.3, -0.25) is 10.4 Å². The van der Waals surface area contributed by atoms with E-state index in [2.05, 4.69) is 22.2 Å². The summed E-state index contributed by atoms with van der Waals surface area (Å²) < 4.78 is 5.59. The minimum absolute atomic E-state index is 0.196. The topological polar surface area (TPSA) is 73.1 Å². The number of hydrogen-bond donors (Lipinski definition) is 2. The average molecular weight is 257 g/mol. The SMILES string of the molecule is C=NC(C(=N)N(C)C)=C1NN=C(c2ccccc2)O1. The number of likely N-dealkylation sites (N-methyl/N-ethyl adjacent to an activating group) is 1. The number of ether oxygens (including phenoxy) is 1. The molecule has 0 aromatic heterocycles. The van der Waals surface area contributed by atoms with Gasteiger partial charge in [0.2, 0.25) is 11.8 Å². The minimum Gasteiger partial charge on any atom is -0.417 e. The fourth-order valence-corrected chi connectivity index (χ4v) is 1.52. The van der Waals surface area contributed by atoms with Crippen LogP contribution in [0.2, 0.25) is 0 Å². The molecule has 0 spiro atoms. The van der Waals surface area contributed by atoms with E-state index in [0.717, 1.165) is 5.56 Å². The maximum Gasteiger partial charge on any atom is 0.245 e. The van der Waals surface area contributed by atoms with E-state index in [1.807, 2.05) is 30.3 Å². The second-order valence-corrected chi connectivity index (χ2v) is 4.08. The first-order valence-corrected chi connectivity index (χ1v) is 5.67. The summed E-state index contributed by atoms with van der Waals surface area (Å²) in [4.78, 5) is 5.44. The number of nitrogens with zero attached hydrogens (tertiary/aromatic N) is 3. The molecule has 0 bridgehead atoms. The lowest BCUT2D eigenvalue weighted by Crippen LogP contribution is -2.24. The van der Waals surface area contributed by atoms with Crippen molar-refractivity contribution in [2.75, 3.05) is 14.1 Å². The van der Waals surface area contributed by atoms with Crippen molar-refractivity contribution in [1.29, 1.82) is 5.41 Å². The van der Waals surface area contributed by atoms with Crippen molar-refractivity contribution in [3.63, 3.8) is 0 Å². The van der Waals surface area contributed by atoms with Crippen LogP contribution in [0, 0.1) is 5.41 Å². The Kier molecular flexibility index (Phi) is 3.61. The van der Waals surface area contributed by atoms with E-state index >= 15 is 0 Å². The molecular weight excluding hydrogens is 242 g/mol. The van der Waals surface area contributed by atoms with E-state index in [4.69, 9.17) is 10.1 Å². The Hall–Kier alpha value is -2.63. The molecule has 1 heterocycles. The van der Waals surface area contributed by atoms with Gasteiger partial charge in [-0.25, -0.2) is 5.43 Å². The zero-order valence-electron chi connectivity index (χ0n) is 10.8. The molecule has 0 amide bonds. The van der Waals surface area contributed by atoms with Crippen LogP contribution in [0.1, 0.15) is 5.56 Å². The summed E-state index contributed by atoms with van der Waals surface area (Å²) in [5.74, 6) is 0.956. The molecule has 2 rings (SSSR count). The van der Waals surface area contributed by atoms with Crippen molar-refractivity contribution in [3.05, 3.63) is 47.5 Å². The number of aliphatic imine (C=N–C) groups is 1. The Morgan fingerprint density at radius 2 is 2.05 bits per heavy atom. The van der Waals surface area contributed by atoms with Crippen LogP contribution in [0.3, 0.4) is 0 Å². The first-order valence-electron chi connectivity index (χ1n) is 5.67. The Morgan fingerprint density at radius 1 is 1.37 bits per heavy atom. The molecule has 1 aliphatic rings. The van der Waals surface area contributed by atoms with Crippen LogP contribution in [0.15, 0.2) is 52.0 Å². The molecule has 1 aromatic carbocycles. The van der Waals surface area contributed by atoms with E-state index in [9.17, 15) is 0 Å². The number of nitrogens with one attached hydrogen (secondary N) is 2. The van der Waals surface area contributed by atoms with Gasteiger partial charge in [-0.05, 0) is 18.9 Å². The Labute approximate surface area is 111 Å². The molecule has 0 saturated heterocycles. The molecule has 0 atom stereocenters. The molecule has 0 aliphatic carbocycles. The van der Waals surface area contributed by atoms with Crippen molar-refractivity contribution in [1.82, 2.24) is 10.3 Å². The zero-order chi connectivity index (χ0) is 13.8. The highest BCUT2D eigenvalue weighted by Crippen LogP contribution is 2.16. The smallest absolute Gasteiger partial charge is 0.245 e. The van der Waals surface area contributed by atoms with E-state index in [1.54, 1.807) is 19.0 Å². The highest BCUT2D eigenvalue weighted by atomic mass is 16.5. The summed E-state index contributed by atoms with van der Waals surface area (Å²) in [5.41, 5.74) is 3.91. The van der Waals surface area contributed by atoms with Crippen LogP contribution < -0.4 is 5.43 Å². The van der Waals surface area contributed by atoms with Crippen LogP contribution in [0.4, 0.5) is 0 Å². The number of hydrogen-bond acceptors (Lipinski definition) is 5. The molecule has 98 valence electrons.